The number of likely N-dealkylation sites (N-methyl/N-ethyl adjacent to an activating group) is 1. The third-order valence-electron chi connectivity index (χ3n) is 14.5. The Hall–Kier alpha value is -5.87. The second-order valence-corrected chi connectivity index (χ2v) is 25.0. The van der Waals surface area contributed by atoms with Gasteiger partial charge in [0.15, 0.2) is 0 Å². The standard InChI is InChI=1S/C57H92F4N10O9/c1-33(2)28-41(46(73)65-43(30-35(5)6)48(75)68-56(11,12)53(80)69-54(7,8)51(78)62-26-27-70(13)14)66-52(79)55(9,10)67-47(74)42(29-34(3)4)64-45(72)40(25-20-36-18-16-15-17-19-36)63-49(76)44-31-38(57(59,60)61)32-71(44)50(77)37-21-23-39(58)24-22-37/h21-24,33-36,38,40-44H,15-20,25-32H2,1-14H3,(H,62,78)(H,63,76)(H,64,72)(H,65,73)(H,66,79)(H,67,74)(H,68,75)(H,69,80)/t38?,40-,41-,42-,43-,44-/m0/s1. The highest BCUT2D eigenvalue weighted by Gasteiger charge is 2.51. The van der Waals surface area contributed by atoms with Gasteiger partial charge in [0.25, 0.3) is 5.91 Å². The highest BCUT2D eigenvalue weighted by atomic mass is 19.4. The predicted molar refractivity (Wildman–Crippen MR) is 296 cm³/mol. The third kappa shape index (κ3) is 21.6. The van der Waals surface area contributed by atoms with Crippen molar-refractivity contribution in [3.63, 3.8) is 0 Å². The minimum atomic E-state index is -4.76. The Labute approximate surface area is 470 Å². The number of amides is 9. The molecule has 1 aromatic carbocycles. The summed E-state index contributed by atoms with van der Waals surface area (Å²) in [4.78, 5) is 128. The van der Waals surface area contributed by atoms with E-state index in [1.807, 2.05) is 46.7 Å². The number of hydrogen-bond acceptors (Lipinski definition) is 10. The zero-order valence-corrected chi connectivity index (χ0v) is 49.6. The van der Waals surface area contributed by atoms with Crippen LogP contribution in [0.25, 0.3) is 0 Å². The van der Waals surface area contributed by atoms with Crippen LogP contribution in [0.2, 0.25) is 0 Å². The second kappa shape index (κ2) is 29.7. The Bertz CT molecular complexity index is 2300. The van der Waals surface area contributed by atoms with Crippen molar-refractivity contribution in [2.45, 2.75) is 207 Å². The number of halogens is 4. The van der Waals surface area contributed by atoms with Crippen LogP contribution in [0.4, 0.5) is 17.6 Å². The molecule has 6 atom stereocenters. The minimum Gasteiger partial charge on any atom is -0.353 e. The first-order valence-corrected chi connectivity index (χ1v) is 28.2. The molecule has 0 radical (unpaired) electrons. The lowest BCUT2D eigenvalue weighted by Gasteiger charge is -2.34. The van der Waals surface area contributed by atoms with Crippen LogP contribution in [0.3, 0.4) is 0 Å². The molecule has 2 fully saturated rings. The Morgan fingerprint density at radius 2 is 1.06 bits per heavy atom. The highest BCUT2D eigenvalue weighted by Crippen LogP contribution is 2.38. The Balaban J connectivity index is 1.83. The van der Waals surface area contributed by atoms with E-state index in [1.54, 1.807) is 13.8 Å². The van der Waals surface area contributed by atoms with Crippen molar-refractivity contribution in [3.8, 4) is 0 Å². The highest BCUT2D eigenvalue weighted by molar-refractivity contribution is 6.01. The Morgan fingerprint density at radius 3 is 1.54 bits per heavy atom. The SMILES string of the molecule is CC(C)C[C@H](NC(=O)[C@H](CCC1CCCCC1)NC(=O)[C@@H]1CC(C(F)(F)F)CN1C(=O)c1ccc(F)cc1)C(=O)NC(C)(C)C(=O)N[C@@H](CC(C)C)C(=O)N[C@@H](CC(C)C)C(=O)NC(C)(C)C(=O)NC(C)(C)C(=O)NCCN(C)C. The van der Waals surface area contributed by atoms with Gasteiger partial charge in [0.05, 0.1) is 5.92 Å². The predicted octanol–water partition coefficient (Wildman–Crippen LogP) is 5.02. The smallest absolute Gasteiger partial charge is 0.353 e. The van der Waals surface area contributed by atoms with Gasteiger partial charge >= 0.3 is 6.18 Å². The molecule has 1 aliphatic heterocycles. The Kier molecular flexibility index (Phi) is 25.4. The van der Waals surface area contributed by atoms with Crippen molar-refractivity contribution in [2.75, 3.05) is 33.7 Å². The fraction of sp³-hybridized carbons (Fsp3) is 0.737. The van der Waals surface area contributed by atoms with Crippen LogP contribution in [-0.2, 0) is 38.4 Å². The van der Waals surface area contributed by atoms with E-state index in [1.165, 1.54) is 41.5 Å². The number of hydrogen-bond donors (Lipinski definition) is 8. The lowest BCUT2D eigenvalue weighted by molar-refractivity contribution is -0.170. The molecule has 19 nitrogen and oxygen atoms in total. The quantitative estimate of drug-likeness (QED) is 0.0520. The summed E-state index contributed by atoms with van der Waals surface area (Å²) in [6, 6.07) is -2.50. The van der Waals surface area contributed by atoms with Gasteiger partial charge in [-0.3, -0.25) is 43.2 Å². The summed E-state index contributed by atoms with van der Waals surface area (Å²) in [5.41, 5.74) is -4.76. The largest absolute Gasteiger partial charge is 0.393 e. The number of nitrogens with zero attached hydrogens (tertiary/aromatic N) is 2. The first-order chi connectivity index (χ1) is 36.9. The van der Waals surface area contributed by atoms with Crippen LogP contribution in [0.15, 0.2) is 24.3 Å². The molecular formula is C57H92F4N10O9. The summed E-state index contributed by atoms with van der Waals surface area (Å²) in [6.45, 7) is 19.8. The van der Waals surface area contributed by atoms with Crippen LogP contribution in [-0.4, -0.2) is 150 Å². The fourth-order valence-electron chi connectivity index (χ4n) is 9.73. The third-order valence-corrected chi connectivity index (χ3v) is 14.5. The van der Waals surface area contributed by atoms with Gasteiger partial charge in [-0.1, -0.05) is 73.6 Å². The zero-order valence-electron chi connectivity index (χ0n) is 49.6. The Morgan fingerprint density at radius 1 is 0.600 bits per heavy atom. The number of benzene rings is 1. The van der Waals surface area contributed by atoms with Gasteiger partial charge in [-0.25, -0.2) is 4.39 Å². The molecule has 23 heteroatoms. The van der Waals surface area contributed by atoms with Gasteiger partial charge in [0.2, 0.25) is 47.3 Å². The number of carbonyl (C=O) groups excluding carboxylic acids is 9. The molecule has 2 aliphatic rings. The number of likely N-dealkylation sites (tertiary alicyclic amines) is 1. The van der Waals surface area contributed by atoms with Crippen molar-refractivity contribution < 1.29 is 60.7 Å². The van der Waals surface area contributed by atoms with Gasteiger partial charge in [-0.2, -0.15) is 13.2 Å². The van der Waals surface area contributed by atoms with Crippen LogP contribution < -0.4 is 42.5 Å². The molecule has 1 aromatic rings. The second-order valence-electron chi connectivity index (χ2n) is 25.0. The van der Waals surface area contributed by atoms with Crippen LogP contribution in [0.1, 0.15) is 164 Å². The average molecular weight is 1140 g/mol. The molecule has 1 unspecified atom stereocenters. The van der Waals surface area contributed by atoms with E-state index in [-0.39, 0.29) is 54.9 Å². The number of rotatable bonds is 28. The maximum Gasteiger partial charge on any atom is 0.393 e. The van der Waals surface area contributed by atoms with Crippen molar-refractivity contribution in [1.82, 2.24) is 52.3 Å². The summed E-state index contributed by atoms with van der Waals surface area (Å²) in [6.07, 6.45) is 0.0214. The molecule has 8 N–H and O–H groups in total. The van der Waals surface area contributed by atoms with Gasteiger partial charge in [-0.15, -0.1) is 0 Å². The van der Waals surface area contributed by atoms with Gasteiger partial charge in [-0.05, 0) is 142 Å². The minimum absolute atomic E-state index is 0.0503. The maximum atomic E-state index is 14.4. The first-order valence-electron chi connectivity index (χ1n) is 28.2. The van der Waals surface area contributed by atoms with Crippen molar-refractivity contribution >= 4 is 53.2 Å². The average Bonchev–Trinajstić information content (AvgIpc) is 3.82. The van der Waals surface area contributed by atoms with E-state index < -0.39 is 131 Å². The van der Waals surface area contributed by atoms with E-state index >= 15 is 0 Å². The van der Waals surface area contributed by atoms with E-state index in [9.17, 15) is 60.7 Å². The molecule has 80 heavy (non-hydrogen) atoms. The summed E-state index contributed by atoms with van der Waals surface area (Å²) in [5, 5.41) is 21.7. The van der Waals surface area contributed by atoms with E-state index in [2.05, 4.69) is 42.5 Å². The molecule has 0 aromatic heterocycles. The normalized spacial score (nSPS) is 18.0. The number of alkyl halides is 3. The molecule has 9 amide bonds. The van der Waals surface area contributed by atoms with Gasteiger partial charge in [0, 0.05) is 25.2 Å². The molecule has 1 aliphatic carbocycles. The number of carbonyl (C=O) groups is 9. The van der Waals surface area contributed by atoms with Crippen molar-refractivity contribution in [3.05, 3.63) is 35.6 Å². The zero-order chi connectivity index (χ0) is 60.7. The van der Waals surface area contributed by atoms with Crippen LogP contribution >= 0.6 is 0 Å². The van der Waals surface area contributed by atoms with Crippen LogP contribution in [0, 0.1) is 35.4 Å². The van der Waals surface area contributed by atoms with Crippen LogP contribution in [0.5, 0.6) is 0 Å². The van der Waals surface area contributed by atoms with Crippen molar-refractivity contribution in [1.29, 1.82) is 0 Å². The van der Waals surface area contributed by atoms with E-state index in [0.29, 0.717) is 19.5 Å². The van der Waals surface area contributed by atoms with E-state index in [0.717, 1.165) is 61.3 Å². The molecule has 0 bridgehead atoms. The summed E-state index contributed by atoms with van der Waals surface area (Å²) >= 11 is 0. The lowest BCUT2D eigenvalue weighted by Crippen LogP contribution is -2.65. The van der Waals surface area contributed by atoms with Gasteiger partial charge < -0.3 is 52.3 Å². The topological polar surface area (TPSA) is 256 Å². The molecular weight excluding hydrogens is 1040 g/mol. The van der Waals surface area contributed by atoms with Crippen molar-refractivity contribution in [2.24, 2.45) is 29.6 Å². The first kappa shape index (κ1) is 68.4. The molecule has 1 heterocycles. The molecule has 452 valence electrons. The van der Waals surface area contributed by atoms with Gasteiger partial charge in [0.1, 0.15) is 52.6 Å². The summed E-state index contributed by atoms with van der Waals surface area (Å²) < 4.78 is 56.4. The fourth-order valence-corrected chi connectivity index (χ4v) is 9.73. The summed E-state index contributed by atoms with van der Waals surface area (Å²) in [5.74, 6) is -9.83. The molecule has 0 spiro atoms. The molecule has 1 saturated heterocycles. The van der Waals surface area contributed by atoms with E-state index in [4.69, 9.17) is 0 Å². The lowest BCUT2D eigenvalue weighted by atomic mass is 9.85. The number of nitrogens with one attached hydrogen (secondary N) is 8. The summed E-state index contributed by atoms with van der Waals surface area (Å²) in [7, 11) is 3.71. The maximum absolute atomic E-state index is 14.4. The molecule has 1 saturated carbocycles. The molecule has 3 rings (SSSR count). The monoisotopic (exact) mass is 1140 g/mol.